The molecule has 1 heterocycles. The summed E-state index contributed by atoms with van der Waals surface area (Å²) in [5, 5.41) is 9.95. The lowest BCUT2D eigenvalue weighted by atomic mass is 9.77. The van der Waals surface area contributed by atoms with Gasteiger partial charge in [-0.05, 0) is 56.1 Å². The smallest absolute Gasteiger partial charge is 0.229 e. The highest BCUT2D eigenvalue weighted by Crippen LogP contribution is 2.43. The molecule has 0 saturated carbocycles. The zero-order valence-corrected chi connectivity index (χ0v) is 17.3. The van der Waals surface area contributed by atoms with E-state index < -0.39 is 5.41 Å². The molecule has 2 aromatic carbocycles. The van der Waals surface area contributed by atoms with Crippen molar-refractivity contribution < 1.29 is 9.90 Å². The van der Waals surface area contributed by atoms with Gasteiger partial charge in [0.25, 0.3) is 0 Å². The number of likely N-dealkylation sites (tertiary alicyclic amines) is 1. The highest BCUT2D eigenvalue weighted by molar-refractivity contribution is 5.85. The SMILES string of the molecule is C=CC[C@]1(CCCc2ccccc2)C[C@@H](CO)N(CCCc2ccccc2)C1=O. The third kappa shape index (κ3) is 5.36. The van der Waals surface area contributed by atoms with Crippen molar-refractivity contribution in [2.45, 2.75) is 51.0 Å². The standard InChI is InChI=1S/C26H33NO2/c1-2-17-26(18-9-15-22-11-5-3-6-12-22)20-24(21-28)27(25(26)29)19-10-16-23-13-7-4-8-14-23/h2-8,11-14,24,28H,1,9-10,15-21H2/t24-,26-/m0/s1. The van der Waals surface area contributed by atoms with Gasteiger partial charge in [-0.1, -0.05) is 66.7 Å². The average Bonchev–Trinajstić information content (AvgIpc) is 3.01. The molecule has 0 aliphatic carbocycles. The fraction of sp³-hybridized carbons (Fsp3) is 0.423. The topological polar surface area (TPSA) is 40.5 Å². The van der Waals surface area contributed by atoms with Crippen LogP contribution in [0.2, 0.25) is 0 Å². The summed E-state index contributed by atoms with van der Waals surface area (Å²) in [5.74, 6) is 0.206. The summed E-state index contributed by atoms with van der Waals surface area (Å²) >= 11 is 0. The molecule has 3 nitrogen and oxygen atoms in total. The molecular formula is C26H33NO2. The van der Waals surface area contributed by atoms with Crippen LogP contribution in [0.4, 0.5) is 0 Å². The van der Waals surface area contributed by atoms with Crippen molar-refractivity contribution in [1.29, 1.82) is 0 Å². The molecule has 0 spiro atoms. The van der Waals surface area contributed by atoms with E-state index in [9.17, 15) is 9.90 Å². The predicted molar refractivity (Wildman–Crippen MR) is 119 cm³/mol. The summed E-state index contributed by atoms with van der Waals surface area (Å²) in [6.07, 6.45) is 7.96. The summed E-state index contributed by atoms with van der Waals surface area (Å²) in [7, 11) is 0. The third-order valence-electron chi connectivity index (χ3n) is 6.20. The molecule has 0 bridgehead atoms. The number of carbonyl (C=O) groups is 1. The predicted octanol–water partition coefficient (Wildman–Crippen LogP) is 4.80. The molecule has 154 valence electrons. The van der Waals surface area contributed by atoms with E-state index in [1.807, 2.05) is 23.1 Å². The fourth-order valence-electron chi connectivity index (χ4n) is 4.70. The molecule has 3 heteroatoms. The van der Waals surface area contributed by atoms with Gasteiger partial charge in [-0.3, -0.25) is 4.79 Å². The second kappa shape index (κ2) is 10.4. The van der Waals surface area contributed by atoms with Crippen molar-refractivity contribution in [1.82, 2.24) is 4.90 Å². The average molecular weight is 392 g/mol. The van der Waals surface area contributed by atoms with Crippen molar-refractivity contribution >= 4 is 5.91 Å². The highest BCUT2D eigenvalue weighted by Gasteiger charge is 2.49. The van der Waals surface area contributed by atoms with E-state index in [1.165, 1.54) is 11.1 Å². The van der Waals surface area contributed by atoms with Crippen LogP contribution in [0.1, 0.15) is 43.2 Å². The second-order valence-electron chi connectivity index (χ2n) is 8.24. The van der Waals surface area contributed by atoms with E-state index in [1.54, 1.807) is 0 Å². The molecule has 1 saturated heterocycles. The van der Waals surface area contributed by atoms with Crippen LogP contribution in [0.25, 0.3) is 0 Å². The molecule has 0 unspecified atom stereocenters. The molecule has 0 radical (unpaired) electrons. The van der Waals surface area contributed by atoms with Crippen LogP contribution in [-0.4, -0.2) is 35.1 Å². The van der Waals surface area contributed by atoms with Gasteiger partial charge in [-0.25, -0.2) is 0 Å². The van der Waals surface area contributed by atoms with Gasteiger partial charge in [0.05, 0.1) is 18.1 Å². The minimum absolute atomic E-state index is 0.0364. The third-order valence-corrected chi connectivity index (χ3v) is 6.20. The fourth-order valence-corrected chi connectivity index (χ4v) is 4.70. The van der Waals surface area contributed by atoms with Crippen molar-refractivity contribution in [3.05, 3.63) is 84.4 Å². The number of aliphatic hydroxyl groups excluding tert-OH is 1. The number of rotatable bonds is 11. The summed E-state index contributed by atoms with van der Waals surface area (Å²) in [5.41, 5.74) is 2.20. The first-order valence-electron chi connectivity index (χ1n) is 10.8. The maximum absolute atomic E-state index is 13.4. The second-order valence-corrected chi connectivity index (χ2v) is 8.24. The number of allylic oxidation sites excluding steroid dienone is 1. The van der Waals surface area contributed by atoms with Crippen LogP contribution in [0.5, 0.6) is 0 Å². The van der Waals surface area contributed by atoms with E-state index >= 15 is 0 Å². The molecule has 1 N–H and O–H groups in total. The van der Waals surface area contributed by atoms with Crippen molar-refractivity contribution in [2.75, 3.05) is 13.2 Å². The maximum atomic E-state index is 13.4. The molecule has 1 aliphatic heterocycles. The normalized spacial score (nSPS) is 21.5. The number of aryl methyl sites for hydroxylation is 2. The van der Waals surface area contributed by atoms with Crippen LogP contribution in [0.3, 0.4) is 0 Å². The number of aliphatic hydroxyl groups is 1. The molecule has 2 atom stereocenters. The Morgan fingerprint density at radius 1 is 1.00 bits per heavy atom. The van der Waals surface area contributed by atoms with Gasteiger partial charge in [0.2, 0.25) is 5.91 Å². The van der Waals surface area contributed by atoms with Crippen LogP contribution in [-0.2, 0) is 17.6 Å². The first-order chi connectivity index (χ1) is 14.2. The molecule has 1 amide bonds. The summed E-state index contributed by atoms with van der Waals surface area (Å²) in [6.45, 7) is 4.66. The maximum Gasteiger partial charge on any atom is 0.229 e. The van der Waals surface area contributed by atoms with Crippen LogP contribution in [0.15, 0.2) is 73.3 Å². The minimum atomic E-state index is -0.406. The van der Waals surface area contributed by atoms with E-state index in [4.69, 9.17) is 0 Å². The first-order valence-corrected chi connectivity index (χ1v) is 10.8. The molecule has 29 heavy (non-hydrogen) atoms. The summed E-state index contributed by atoms with van der Waals surface area (Å²) in [4.78, 5) is 15.4. The number of hydrogen-bond acceptors (Lipinski definition) is 2. The Balaban J connectivity index is 1.62. The lowest BCUT2D eigenvalue weighted by Crippen LogP contribution is -2.39. The van der Waals surface area contributed by atoms with Gasteiger partial charge < -0.3 is 10.0 Å². The molecule has 2 aromatic rings. The van der Waals surface area contributed by atoms with Crippen molar-refractivity contribution in [2.24, 2.45) is 5.41 Å². The number of hydrogen-bond donors (Lipinski definition) is 1. The monoisotopic (exact) mass is 391 g/mol. The molecule has 3 rings (SSSR count). The Labute approximate surface area is 175 Å². The quantitative estimate of drug-likeness (QED) is 0.559. The Kier molecular flexibility index (Phi) is 7.65. The van der Waals surface area contributed by atoms with Gasteiger partial charge in [0.1, 0.15) is 0 Å². The summed E-state index contributed by atoms with van der Waals surface area (Å²) in [6, 6.07) is 20.7. The number of nitrogens with zero attached hydrogens (tertiary/aromatic N) is 1. The Hall–Kier alpha value is -2.39. The minimum Gasteiger partial charge on any atom is -0.394 e. The Bertz CT molecular complexity index is 774. The lowest BCUT2D eigenvalue weighted by Gasteiger charge is -2.27. The van der Waals surface area contributed by atoms with E-state index in [0.29, 0.717) is 13.0 Å². The number of amides is 1. The lowest BCUT2D eigenvalue weighted by molar-refractivity contribution is -0.137. The van der Waals surface area contributed by atoms with Gasteiger partial charge >= 0.3 is 0 Å². The largest absolute Gasteiger partial charge is 0.394 e. The van der Waals surface area contributed by atoms with Crippen LogP contribution < -0.4 is 0 Å². The van der Waals surface area contributed by atoms with Gasteiger partial charge in [0.15, 0.2) is 0 Å². The molecule has 1 aliphatic rings. The summed E-state index contributed by atoms with van der Waals surface area (Å²) < 4.78 is 0. The van der Waals surface area contributed by atoms with Crippen molar-refractivity contribution in [3.63, 3.8) is 0 Å². The van der Waals surface area contributed by atoms with Crippen molar-refractivity contribution in [3.8, 4) is 0 Å². The zero-order chi connectivity index (χ0) is 20.5. The molecule has 1 fully saturated rings. The highest BCUT2D eigenvalue weighted by atomic mass is 16.3. The van der Waals surface area contributed by atoms with Gasteiger partial charge in [0, 0.05) is 6.54 Å². The van der Waals surface area contributed by atoms with Crippen LogP contribution in [0, 0.1) is 5.41 Å². The van der Waals surface area contributed by atoms with E-state index in [-0.39, 0.29) is 18.6 Å². The number of carbonyl (C=O) groups excluding carboxylic acids is 1. The number of benzene rings is 2. The molecule has 0 aromatic heterocycles. The molecular weight excluding hydrogens is 358 g/mol. The van der Waals surface area contributed by atoms with Gasteiger partial charge in [-0.2, -0.15) is 0 Å². The first kappa shape index (κ1) is 21.3. The van der Waals surface area contributed by atoms with E-state index in [2.05, 4.69) is 55.1 Å². The van der Waals surface area contributed by atoms with Crippen LogP contribution >= 0.6 is 0 Å². The van der Waals surface area contributed by atoms with E-state index in [0.717, 1.165) is 38.5 Å². The Morgan fingerprint density at radius 3 is 2.14 bits per heavy atom. The zero-order valence-electron chi connectivity index (χ0n) is 17.3. The Morgan fingerprint density at radius 2 is 1.59 bits per heavy atom. The van der Waals surface area contributed by atoms with Gasteiger partial charge in [-0.15, -0.1) is 6.58 Å².